The molecule has 0 atom stereocenters. The van der Waals surface area contributed by atoms with E-state index >= 15 is 0 Å². The quantitative estimate of drug-likeness (QED) is 0.924. The lowest BCUT2D eigenvalue weighted by atomic mass is 10.2. The van der Waals surface area contributed by atoms with E-state index in [1.807, 2.05) is 6.92 Å². The average Bonchev–Trinajstić information content (AvgIpc) is 2.54. The van der Waals surface area contributed by atoms with Gasteiger partial charge in [0.25, 0.3) is 0 Å². The normalized spacial score (nSPS) is 10.7. The van der Waals surface area contributed by atoms with E-state index in [0.717, 1.165) is 11.3 Å². The fourth-order valence-electron chi connectivity index (χ4n) is 1.72. The molecule has 1 N–H and O–H groups in total. The van der Waals surface area contributed by atoms with E-state index in [-0.39, 0.29) is 5.82 Å². The van der Waals surface area contributed by atoms with Gasteiger partial charge in [0, 0.05) is 23.6 Å². The minimum atomic E-state index is -0.304. The molecular formula is C12H12BrClFN3. The van der Waals surface area contributed by atoms with Crippen LogP contribution in [0.1, 0.15) is 11.3 Å². The standard InChI is InChI=1S/C12H12BrClFN3/c1-7-8(12(14)18(2)17-7)6-16-11-9(13)4-3-5-10(11)15/h3-5,16H,6H2,1-2H3. The minimum absolute atomic E-state index is 0.304. The molecule has 18 heavy (non-hydrogen) atoms. The summed E-state index contributed by atoms with van der Waals surface area (Å²) in [6.45, 7) is 2.30. The molecule has 0 unspecified atom stereocenters. The van der Waals surface area contributed by atoms with Crippen LogP contribution in [-0.2, 0) is 13.6 Å². The highest BCUT2D eigenvalue weighted by Crippen LogP contribution is 2.27. The van der Waals surface area contributed by atoms with E-state index in [2.05, 4.69) is 26.3 Å². The van der Waals surface area contributed by atoms with Crippen molar-refractivity contribution in [2.24, 2.45) is 7.05 Å². The van der Waals surface area contributed by atoms with Gasteiger partial charge >= 0.3 is 0 Å². The summed E-state index contributed by atoms with van der Waals surface area (Å²) in [5.41, 5.74) is 2.13. The molecule has 0 radical (unpaired) electrons. The predicted octanol–water partition coefficient (Wildman–Crippen LogP) is 3.90. The number of hydrogen-bond acceptors (Lipinski definition) is 2. The molecule has 96 valence electrons. The highest BCUT2D eigenvalue weighted by atomic mass is 79.9. The smallest absolute Gasteiger partial charge is 0.147 e. The third kappa shape index (κ3) is 2.52. The Morgan fingerprint density at radius 2 is 2.22 bits per heavy atom. The highest BCUT2D eigenvalue weighted by molar-refractivity contribution is 9.10. The van der Waals surface area contributed by atoms with Crippen molar-refractivity contribution in [3.63, 3.8) is 0 Å². The zero-order valence-electron chi connectivity index (χ0n) is 9.97. The first kappa shape index (κ1) is 13.4. The van der Waals surface area contributed by atoms with Crippen LogP contribution in [-0.4, -0.2) is 9.78 Å². The van der Waals surface area contributed by atoms with E-state index < -0.39 is 0 Å². The van der Waals surface area contributed by atoms with E-state index in [1.165, 1.54) is 6.07 Å². The second-order valence-corrected chi connectivity index (χ2v) is 5.14. The van der Waals surface area contributed by atoms with Crippen LogP contribution in [0.15, 0.2) is 22.7 Å². The number of aryl methyl sites for hydroxylation is 2. The van der Waals surface area contributed by atoms with Gasteiger partial charge in [-0.3, -0.25) is 4.68 Å². The van der Waals surface area contributed by atoms with E-state index in [1.54, 1.807) is 23.9 Å². The third-order valence-corrected chi connectivity index (χ3v) is 3.81. The van der Waals surface area contributed by atoms with Crippen LogP contribution in [0.2, 0.25) is 5.15 Å². The van der Waals surface area contributed by atoms with E-state index in [0.29, 0.717) is 21.9 Å². The van der Waals surface area contributed by atoms with Crippen molar-refractivity contribution in [2.45, 2.75) is 13.5 Å². The lowest BCUT2D eigenvalue weighted by Crippen LogP contribution is -2.03. The lowest BCUT2D eigenvalue weighted by molar-refractivity contribution is 0.629. The molecule has 0 aliphatic carbocycles. The van der Waals surface area contributed by atoms with Gasteiger partial charge in [-0.15, -0.1) is 0 Å². The van der Waals surface area contributed by atoms with Gasteiger partial charge in [-0.25, -0.2) is 4.39 Å². The molecule has 3 nitrogen and oxygen atoms in total. The zero-order chi connectivity index (χ0) is 13.3. The van der Waals surface area contributed by atoms with Gasteiger partial charge in [0.2, 0.25) is 0 Å². The van der Waals surface area contributed by atoms with E-state index in [4.69, 9.17) is 11.6 Å². The number of halogens is 3. The Bertz CT molecular complexity index is 563. The molecule has 0 aliphatic rings. The topological polar surface area (TPSA) is 29.9 Å². The van der Waals surface area contributed by atoms with Gasteiger partial charge in [0.1, 0.15) is 11.0 Å². The minimum Gasteiger partial charge on any atom is -0.377 e. The summed E-state index contributed by atoms with van der Waals surface area (Å²) >= 11 is 9.42. The van der Waals surface area contributed by atoms with Gasteiger partial charge < -0.3 is 5.32 Å². The number of aromatic nitrogens is 2. The van der Waals surface area contributed by atoms with Gasteiger partial charge in [-0.1, -0.05) is 17.7 Å². The SMILES string of the molecule is Cc1nn(C)c(Cl)c1CNc1c(F)cccc1Br. The molecule has 1 aromatic carbocycles. The summed E-state index contributed by atoms with van der Waals surface area (Å²) < 4.78 is 15.9. The Morgan fingerprint density at radius 3 is 2.78 bits per heavy atom. The largest absolute Gasteiger partial charge is 0.377 e. The van der Waals surface area contributed by atoms with Crippen molar-refractivity contribution in [3.05, 3.63) is 44.9 Å². The molecule has 0 saturated heterocycles. The highest BCUT2D eigenvalue weighted by Gasteiger charge is 2.12. The first-order valence-electron chi connectivity index (χ1n) is 5.36. The first-order chi connectivity index (χ1) is 8.50. The molecule has 0 fully saturated rings. The Labute approximate surface area is 118 Å². The number of anilines is 1. The van der Waals surface area contributed by atoms with Crippen LogP contribution >= 0.6 is 27.5 Å². The Balaban J connectivity index is 2.22. The molecular weight excluding hydrogens is 321 g/mol. The summed E-state index contributed by atoms with van der Waals surface area (Å²) in [7, 11) is 1.78. The number of hydrogen-bond donors (Lipinski definition) is 1. The van der Waals surface area contributed by atoms with Crippen molar-refractivity contribution in [1.29, 1.82) is 0 Å². The van der Waals surface area contributed by atoms with Crippen molar-refractivity contribution in [2.75, 3.05) is 5.32 Å². The number of benzene rings is 1. The maximum Gasteiger partial charge on any atom is 0.147 e. The van der Waals surface area contributed by atoms with Gasteiger partial charge in [-0.2, -0.15) is 5.10 Å². The monoisotopic (exact) mass is 331 g/mol. The van der Waals surface area contributed by atoms with Crippen molar-refractivity contribution >= 4 is 33.2 Å². The summed E-state index contributed by atoms with van der Waals surface area (Å²) in [6.07, 6.45) is 0. The van der Waals surface area contributed by atoms with Crippen LogP contribution in [0.4, 0.5) is 10.1 Å². The Morgan fingerprint density at radius 1 is 1.50 bits per heavy atom. The summed E-state index contributed by atoms with van der Waals surface area (Å²) in [4.78, 5) is 0. The third-order valence-electron chi connectivity index (χ3n) is 2.67. The maximum atomic E-state index is 13.6. The predicted molar refractivity (Wildman–Crippen MR) is 74.4 cm³/mol. The van der Waals surface area contributed by atoms with Crippen LogP contribution < -0.4 is 5.32 Å². The molecule has 2 rings (SSSR count). The number of nitrogens with one attached hydrogen (secondary N) is 1. The molecule has 0 amide bonds. The zero-order valence-corrected chi connectivity index (χ0v) is 12.3. The number of nitrogens with zero attached hydrogens (tertiary/aromatic N) is 2. The molecule has 1 heterocycles. The van der Waals surface area contributed by atoms with Gasteiger partial charge in [0.15, 0.2) is 0 Å². The summed E-state index contributed by atoms with van der Waals surface area (Å²) in [6, 6.07) is 4.83. The lowest BCUT2D eigenvalue weighted by Gasteiger charge is -2.09. The second-order valence-electron chi connectivity index (χ2n) is 3.93. The van der Waals surface area contributed by atoms with Gasteiger partial charge in [0.05, 0.1) is 11.4 Å². The summed E-state index contributed by atoms with van der Waals surface area (Å²) in [5, 5.41) is 7.80. The fraction of sp³-hybridized carbons (Fsp3) is 0.250. The van der Waals surface area contributed by atoms with Crippen LogP contribution in [0.3, 0.4) is 0 Å². The average molecular weight is 333 g/mol. The molecule has 1 aromatic heterocycles. The number of rotatable bonds is 3. The first-order valence-corrected chi connectivity index (χ1v) is 6.53. The molecule has 0 aliphatic heterocycles. The Kier molecular flexibility index (Phi) is 3.92. The Hall–Kier alpha value is -1.07. The van der Waals surface area contributed by atoms with Crippen molar-refractivity contribution in [1.82, 2.24) is 9.78 Å². The summed E-state index contributed by atoms with van der Waals surface area (Å²) in [5.74, 6) is -0.304. The number of para-hydroxylation sites is 1. The second kappa shape index (κ2) is 5.28. The van der Waals surface area contributed by atoms with Crippen LogP contribution in [0.5, 0.6) is 0 Å². The molecule has 0 bridgehead atoms. The fourth-order valence-corrected chi connectivity index (χ4v) is 2.44. The molecule has 0 saturated carbocycles. The molecule has 6 heteroatoms. The van der Waals surface area contributed by atoms with Gasteiger partial charge in [-0.05, 0) is 35.0 Å². The maximum absolute atomic E-state index is 13.6. The van der Waals surface area contributed by atoms with Crippen LogP contribution in [0.25, 0.3) is 0 Å². The van der Waals surface area contributed by atoms with Crippen LogP contribution in [0, 0.1) is 12.7 Å². The van der Waals surface area contributed by atoms with Crippen molar-refractivity contribution in [3.8, 4) is 0 Å². The molecule has 0 spiro atoms. The molecule has 2 aromatic rings. The van der Waals surface area contributed by atoms with Crippen molar-refractivity contribution < 1.29 is 4.39 Å². The van der Waals surface area contributed by atoms with E-state index in [9.17, 15) is 4.39 Å².